The first-order valence-corrected chi connectivity index (χ1v) is 10.4. The molecule has 1 amide bonds. The van der Waals surface area contributed by atoms with Crippen LogP contribution in [0.2, 0.25) is 0 Å². The number of quaternary nitrogens is 1. The maximum Gasteiger partial charge on any atom is 0.252 e. The Hall–Kier alpha value is -2.92. The number of hydrogen-bond donors (Lipinski definition) is 3. The molecule has 3 N–H and O–H groups in total. The summed E-state index contributed by atoms with van der Waals surface area (Å²) in [5.41, 5.74) is 2.21. The molecule has 1 heterocycles. The summed E-state index contributed by atoms with van der Waals surface area (Å²) in [5.74, 6) is -0.189. The van der Waals surface area contributed by atoms with Crippen molar-refractivity contribution in [3.8, 4) is 0 Å². The van der Waals surface area contributed by atoms with Gasteiger partial charge in [0, 0.05) is 35.5 Å². The SMILES string of the molecule is CCCC[NH+](CCCNC(=O)c1cc(=O)[nH]c2ccccc12)Cc1ccccc1. The molecule has 3 aromatic rings. The summed E-state index contributed by atoms with van der Waals surface area (Å²) in [6, 6.07) is 19.3. The van der Waals surface area contributed by atoms with Crippen molar-refractivity contribution in [2.24, 2.45) is 0 Å². The summed E-state index contributed by atoms with van der Waals surface area (Å²) in [6.07, 6.45) is 3.29. The lowest BCUT2D eigenvalue weighted by Gasteiger charge is -2.19. The molecular weight excluding hydrogens is 362 g/mol. The van der Waals surface area contributed by atoms with Crippen LogP contribution in [0.5, 0.6) is 0 Å². The summed E-state index contributed by atoms with van der Waals surface area (Å²) < 4.78 is 0. The van der Waals surface area contributed by atoms with E-state index >= 15 is 0 Å². The fourth-order valence-corrected chi connectivity index (χ4v) is 3.64. The van der Waals surface area contributed by atoms with Crippen LogP contribution in [0.1, 0.15) is 42.1 Å². The van der Waals surface area contributed by atoms with Crippen molar-refractivity contribution in [1.82, 2.24) is 10.3 Å². The molecule has 1 atom stereocenters. The summed E-state index contributed by atoms with van der Waals surface area (Å²) in [7, 11) is 0. The minimum absolute atomic E-state index is 0.189. The Morgan fingerprint density at radius 1 is 1.00 bits per heavy atom. The number of para-hydroxylation sites is 1. The Morgan fingerprint density at radius 2 is 1.72 bits per heavy atom. The second kappa shape index (κ2) is 10.6. The molecule has 2 aromatic carbocycles. The van der Waals surface area contributed by atoms with Gasteiger partial charge in [0.2, 0.25) is 5.56 Å². The Bertz CT molecular complexity index is 982. The van der Waals surface area contributed by atoms with E-state index in [9.17, 15) is 9.59 Å². The van der Waals surface area contributed by atoms with Gasteiger partial charge in [0.05, 0.1) is 18.7 Å². The predicted octanol–water partition coefficient (Wildman–Crippen LogP) is 2.53. The van der Waals surface area contributed by atoms with Crippen molar-refractivity contribution in [3.05, 3.63) is 82.1 Å². The highest BCUT2D eigenvalue weighted by Gasteiger charge is 2.13. The number of nitrogens with one attached hydrogen (secondary N) is 3. The van der Waals surface area contributed by atoms with Gasteiger partial charge in [-0.1, -0.05) is 61.9 Å². The summed E-state index contributed by atoms with van der Waals surface area (Å²) in [4.78, 5) is 28.8. The van der Waals surface area contributed by atoms with E-state index in [1.807, 2.05) is 30.3 Å². The number of hydrogen-bond acceptors (Lipinski definition) is 2. The average Bonchev–Trinajstić information content (AvgIpc) is 2.74. The van der Waals surface area contributed by atoms with Crippen molar-refractivity contribution in [3.63, 3.8) is 0 Å². The van der Waals surface area contributed by atoms with Crippen LogP contribution >= 0.6 is 0 Å². The lowest BCUT2D eigenvalue weighted by molar-refractivity contribution is -0.914. The Morgan fingerprint density at radius 3 is 2.52 bits per heavy atom. The van der Waals surface area contributed by atoms with Gasteiger partial charge in [0.1, 0.15) is 6.54 Å². The first-order chi connectivity index (χ1) is 14.2. The normalized spacial score (nSPS) is 12.0. The number of benzene rings is 2. The van der Waals surface area contributed by atoms with E-state index in [4.69, 9.17) is 0 Å². The molecule has 0 radical (unpaired) electrons. The number of carbonyl (C=O) groups is 1. The second-order valence-corrected chi connectivity index (χ2v) is 7.47. The molecule has 0 aliphatic rings. The average molecular weight is 393 g/mol. The molecule has 1 aromatic heterocycles. The van der Waals surface area contributed by atoms with Crippen molar-refractivity contribution in [1.29, 1.82) is 0 Å². The zero-order chi connectivity index (χ0) is 20.5. The van der Waals surface area contributed by atoms with E-state index < -0.39 is 0 Å². The van der Waals surface area contributed by atoms with Crippen LogP contribution in [0, 0.1) is 0 Å². The molecule has 0 spiro atoms. The van der Waals surface area contributed by atoms with Crippen LogP contribution < -0.4 is 15.8 Å². The van der Waals surface area contributed by atoms with Gasteiger partial charge in [0.15, 0.2) is 0 Å². The molecule has 0 bridgehead atoms. The number of amides is 1. The number of unbranched alkanes of at least 4 members (excludes halogenated alkanes) is 1. The van der Waals surface area contributed by atoms with Gasteiger partial charge in [0.25, 0.3) is 5.91 Å². The van der Waals surface area contributed by atoms with E-state index in [2.05, 4.69) is 41.5 Å². The monoisotopic (exact) mass is 392 g/mol. The predicted molar refractivity (Wildman–Crippen MR) is 117 cm³/mol. The van der Waals surface area contributed by atoms with E-state index in [0.717, 1.165) is 31.4 Å². The highest BCUT2D eigenvalue weighted by molar-refractivity contribution is 6.05. The fraction of sp³-hybridized carbons (Fsp3) is 0.333. The number of aromatic amines is 1. The smallest absolute Gasteiger partial charge is 0.252 e. The van der Waals surface area contributed by atoms with Gasteiger partial charge in [-0.25, -0.2) is 0 Å². The molecule has 1 unspecified atom stereocenters. The quantitative estimate of drug-likeness (QED) is 0.464. The van der Waals surface area contributed by atoms with E-state index in [0.29, 0.717) is 17.6 Å². The number of pyridine rings is 1. The number of H-pyrrole nitrogens is 1. The van der Waals surface area contributed by atoms with Gasteiger partial charge in [-0.15, -0.1) is 0 Å². The number of rotatable bonds is 10. The number of carbonyl (C=O) groups excluding carboxylic acids is 1. The largest absolute Gasteiger partial charge is 0.352 e. The lowest BCUT2D eigenvalue weighted by atomic mass is 10.1. The molecule has 0 aliphatic carbocycles. The highest BCUT2D eigenvalue weighted by atomic mass is 16.2. The van der Waals surface area contributed by atoms with Crippen LogP contribution in [0.4, 0.5) is 0 Å². The topological polar surface area (TPSA) is 66.4 Å². The van der Waals surface area contributed by atoms with Crippen LogP contribution in [0.3, 0.4) is 0 Å². The van der Waals surface area contributed by atoms with Gasteiger partial charge in [-0.05, 0) is 12.5 Å². The minimum Gasteiger partial charge on any atom is -0.352 e. The van der Waals surface area contributed by atoms with Crippen molar-refractivity contribution >= 4 is 16.8 Å². The molecular formula is C24H30N3O2+. The van der Waals surface area contributed by atoms with Gasteiger partial charge < -0.3 is 15.2 Å². The maximum absolute atomic E-state index is 12.6. The molecule has 29 heavy (non-hydrogen) atoms. The van der Waals surface area contributed by atoms with Gasteiger partial charge in [-0.2, -0.15) is 0 Å². The van der Waals surface area contributed by atoms with Gasteiger partial charge >= 0.3 is 0 Å². The first-order valence-electron chi connectivity index (χ1n) is 10.4. The molecule has 0 saturated carbocycles. The van der Waals surface area contributed by atoms with Crippen LogP contribution in [-0.2, 0) is 6.54 Å². The van der Waals surface area contributed by atoms with Gasteiger partial charge in [-0.3, -0.25) is 9.59 Å². The lowest BCUT2D eigenvalue weighted by Crippen LogP contribution is -3.10. The third-order valence-electron chi connectivity index (χ3n) is 5.17. The van der Waals surface area contributed by atoms with Crippen LogP contribution in [-0.4, -0.2) is 30.5 Å². The summed E-state index contributed by atoms with van der Waals surface area (Å²) >= 11 is 0. The van der Waals surface area contributed by atoms with Crippen molar-refractivity contribution in [2.45, 2.75) is 32.7 Å². The fourth-order valence-electron chi connectivity index (χ4n) is 3.64. The molecule has 3 rings (SSSR count). The number of fused-ring (bicyclic) bond motifs is 1. The Balaban J connectivity index is 1.55. The highest BCUT2D eigenvalue weighted by Crippen LogP contribution is 2.14. The van der Waals surface area contributed by atoms with E-state index in [1.165, 1.54) is 29.4 Å². The number of aromatic nitrogens is 1. The first kappa shape index (κ1) is 20.8. The molecule has 152 valence electrons. The maximum atomic E-state index is 12.6. The van der Waals surface area contributed by atoms with Crippen molar-refractivity contribution in [2.75, 3.05) is 19.6 Å². The molecule has 5 heteroatoms. The minimum atomic E-state index is -0.258. The second-order valence-electron chi connectivity index (χ2n) is 7.47. The molecule has 5 nitrogen and oxygen atoms in total. The van der Waals surface area contributed by atoms with Crippen LogP contribution in [0.15, 0.2) is 65.5 Å². The third-order valence-corrected chi connectivity index (χ3v) is 5.17. The molecule has 0 aliphatic heterocycles. The van der Waals surface area contributed by atoms with E-state index in [-0.39, 0.29) is 11.5 Å². The van der Waals surface area contributed by atoms with Crippen molar-refractivity contribution < 1.29 is 9.69 Å². The zero-order valence-electron chi connectivity index (χ0n) is 17.0. The zero-order valence-corrected chi connectivity index (χ0v) is 17.0. The third kappa shape index (κ3) is 6.03. The molecule has 0 fully saturated rings. The Kier molecular flexibility index (Phi) is 7.59. The molecule has 0 saturated heterocycles. The van der Waals surface area contributed by atoms with Crippen LogP contribution in [0.25, 0.3) is 10.9 Å². The standard InChI is InChI=1S/C24H29N3O2/c1-2-3-15-27(18-19-10-5-4-6-11-19)16-9-14-25-24(29)21-17-23(28)26-22-13-8-7-12-20(21)22/h4-8,10-13,17H,2-3,9,14-16,18H2,1H3,(H,25,29)(H,26,28)/p+1. The van der Waals surface area contributed by atoms with E-state index in [1.54, 1.807) is 0 Å². The summed E-state index contributed by atoms with van der Waals surface area (Å²) in [5, 5.41) is 3.76. The summed E-state index contributed by atoms with van der Waals surface area (Å²) in [6.45, 7) is 5.97. The Labute approximate surface area is 171 Å².